The van der Waals surface area contributed by atoms with Gasteiger partial charge >= 0.3 is 0 Å². The van der Waals surface area contributed by atoms with Crippen LogP contribution in [0, 0.1) is 0 Å². The molecule has 0 aliphatic carbocycles. The van der Waals surface area contributed by atoms with Gasteiger partial charge < -0.3 is 10.1 Å². The number of likely N-dealkylation sites (N-methyl/N-ethyl adjacent to an activating group) is 1. The summed E-state index contributed by atoms with van der Waals surface area (Å²) >= 11 is 6.24. The third-order valence-electron chi connectivity index (χ3n) is 3.24. The van der Waals surface area contributed by atoms with E-state index in [0.717, 1.165) is 28.3 Å². The summed E-state index contributed by atoms with van der Waals surface area (Å²) in [7, 11) is 1.94. The van der Waals surface area contributed by atoms with Crippen LogP contribution in [0.25, 0.3) is 0 Å². The second-order valence-electron chi connectivity index (χ2n) is 5.26. The number of nitrogens with one attached hydrogen (secondary N) is 1. The van der Waals surface area contributed by atoms with Crippen LogP contribution < -0.4 is 10.1 Å². The van der Waals surface area contributed by atoms with Gasteiger partial charge in [0.1, 0.15) is 5.75 Å². The SMILES string of the molecule is CNC(Cc1ccccc1Cl)c1cncc(OC(C)C)c1. The van der Waals surface area contributed by atoms with Crippen LogP contribution in [0.3, 0.4) is 0 Å². The molecule has 0 aliphatic heterocycles. The highest BCUT2D eigenvalue weighted by Crippen LogP contribution is 2.25. The Morgan fingerprint density at radius 2 is 2.00 bits per heavy atom. The molecule has 2 aromatic rings. The van der Waals surface area contributed by atoms with Crippen LogP contribution in [0.4, 0.5) is 0 Å². The highest BCUT2D eigenvalue weighted by Gasteiger charge is 2.13. The smallest absolute Gasteiger partial charge is 0.138 e. The fraction of sp³-hybridized carbons (Fsp3) is 0.353. The molecule has 1 unspecified atom stereocenters. The van der Waals surface area contributed by atoms with Crippen molar-refractivity contribution < 1.29 is 4.74 Å². The number of halogens is 1. The van der Waals surface area contributed by atoms with Crippen molar-refractivity contribution in [2.75, 3.05) is 7.05 Å². The quantitative estimate of drug-likeness (QED) is 0.875. The van der Waals surface area contributed by atoms with E-state index in [0.29, 0.717) is 0 Å². The van der Waals surface area contributed by atoms with Crippen LogP contribution >= 0.6 is 11.6 Å². The predicted octanol–water partition coefficient (Wildman–Crippen LogP) is 4.03. The Labute approximate surface area is 131 Å². The lowest BCUT2D eigenvalue weighted by molar-refractivity contribution is 0.241. The standard InChI is InChI=1S/C17H21ClN2O/c1-12(2)21-15-8-14(10-20-11-15)17(19-3)9-13-6-4-5-7-16(13)18/h4-8,10-12,17,19H,9H2,1-3H3. The van der Waals surface area contributed by atoms with Crippen molar-refractivity contribution in [3.05, 3.63) is 58.9 Å². The Morgan fingerprint density at radius 1 is 1.24 bits per heavy atom. The molecular formula is C17H21ClN2O. The highest BCUT2D eigenvalue weighted by molar-refractivity contribution is 6.31. The average molecular weight is 305 g/mol. The summed E-state index contributed by atoms with van der Waals surface area (Å²) in [5.74, 6) is 0.793. The summed E-state index contributed by atoms with van der Waals surface area (Å²) in [4.78, 5) is 4.27. The molecule has 112 valence electrons. The second-order valence-corrected chi connectivity index (χ2v) is 5.66. The number of ether oxygens (including phenoxy) is 1. The van der Waals surface area contributed by atoms with E-state index in [9.17, 15) is 0 Å². The number of pyridine rings is 1. The maximum absolute atomic E-state index is 6.24. The van der Waals surface area contributed by atoms with Crippen molar-refractivity contribution in [3.8, 4) is 5.75 Å². The first-order chi connectivity index (χ1) is 10.1. The Hall–Kier alpha value is -1.58. The molecule has 0 spiro atoms. The second kappa shape index (κ2) is 7.43. The Kier molecular flexibility index (Phi) is 5.59. The molecule has 0 amide bonds. The number of hydrogen-bond donors (Lipinski definition) is 1. The number of hydrogen-bond acceptors (Lipinski definition) is 3. The van der Waals surface area contributed by atoms with Gasteiger partial charge in [-0.05, 0) is 50.6 Å². The summed E-state index contributed by atoms with van der Waals surface area (Å²) in [5.41, 5.74) is 2.21. The maximum Gasteiger partial charge on any atom is 0.138 e. The Morgan fingerprint density at radius 3 is 2.67 bits per heavy atom. The normalized spacial score (nSPS) is 12.4. The lowest BCUT2D eigenvalue weighted by atomic mass is 10.0. The molecule has 0 fully saturated rings. The van der Waals surface area contributed by atoms with Gasteiger partial charge in [0, 0.05) is 17.3 Å². The van der Waals surface area contributed by atoms with Crippen LogP contribution in [0.1, 0.15) is 31.0 Å². The summed E-state index contributed by atoms with van der Waals surface area (Å²) in [6, 6.07) is 10.1. The molecule has 1 aromatic heterocycles. The molecule has 1 aromatic carbocycles. The average Bonchev–Trinajstić information content (AvgIpc) is 2.46. The van der Waals surface area contributed by atoms with Crippen LogP contribution in [-0.4, -0.2) is 18.1 Å². The topological polar surface area (TPSA) is 34.2 Å². The van der Waals surface area contributed by atoms with Crippen molar-refractivity contribution in [2.24, 2.45) is 0 Å². The zero-order valence-electron chi connectivity index (χ0n) is 12.6. The summed E-state index contributed by atoms with van der Waals surface area (Å²) in [6.45, 7) is 4.01. The third-order valence-corrected chi connectivity index (χ3v) is 3.61. The van der Waals surface area contributed by atoms with E-state index in [2.05, 4.69) is 16.4 Å². The van der Waals surface area contributed by atoms with Gasteiger partial charge in [-0.3, -0.25) is 4.98 Å². The third kappa shape index (κ3) is 4.45. The summed E-state index contributed by atoms with van der Waals surface area (Å²) in [6.07, 6.45) is 4.55. The highest BCUT2D eigenvalue weighted by atomic mass is 35.5. The Bertz CT molecular complexity index is 587. The minimum absolute atomic E-state index is 0.138. The van der Waals surface area contributed by atoms with Crippen LogP contribution in [0.15, 0.2) is 42.7 Å². The molecule has 0 radical (unpaired) electrons. The maximum atomic E-state index is 6.24. The fourth-order valence-electron chi connectivity index (χ4n) is 2.23. The lowest BCUT2D eigenvalue weighted by Gasteiger charge is -2.18. The van der Waals surface area contributed by atoms with Gasteiger partial charge in [-0.25, -0.2) is 0 Å². The van der Waals surface area contributed by atoms with Crippen LogP contribution in [-0.2, 0) is 6.42 Å². The molecule has 0 bridgehead atoms. The Balaban J connectivity index is 2.19. The predicted molar refractivity (Wildman–Crippen MR) is 87.0 cm³/mol. The first kappa shape index (κ1) is 15.8. The van der Waals surface area contributed by atoms with Crippen molar-refractivity contribution in [2.45, 2.75) is 32.4 Å². The van der Waals surface area contributed by atoms with E-state index in [1.54, 1.807) is 6.20 Å². The van der Waals surface area contributed by atoms with E-state index in [4.69, 9.17) is 16.3 Å². The van der Waals surface area contributed by atoms with E-state index in [1.165, 1.54) is 0 Å². The van der Waals surface area contributed by atoms with Gasteiger partial charge in [-0.1, -0.05) is 29.8 Å². The summed E-state index contributed by atoms with van der Waals surface area (Å²) < 4.78 is 5.71. The zero-order chi connectivity index (χ0) is 15.2. The molecule has 1 N–H and O–H groups in total. The first-order valence-corrected chi connectivity index (χ1v) is 7.50. The van der Waals surface area contributed by atoms with Gasteiger partial charge in [-0.15, -0.1) is 0 Å². The van der Waals surface area contributed by atoms with Crippen molar-refractivity contribution >= 4 is 11.6 Å². The molecule has 4 heteroatoms. The minimum Gasteiger partial charge on any atom is -0.489 e. The van der Waals surface area contributed by atoms with Crippen molar-refractivity contribution in [3.63, 3.8) is 0 Å². The molecule has 3 nitrogen and oxygen atoms in total. The molecule has 1 heterocycles. The molecule has 2 rings (SSSR count). The van der Waals surface area contributed by atoms with Gasteiger partial charge in [0.25, 0.3) is 0 Å². The van der Waals surface area contributed by atoms with E-state index in [1.807, 2.05) is 51.4 Å². The molecule has 0 saturated carbocycles. The number of nitrogens with zero attached hydrogens (tertiary/aromatic N) is 1. The van der Waals surface area contributed by atoms with Gasteiger partial charge in [-0.2, -0.15) is 0 Å². The molecular weight excluding hydrogens is 284 g/mol. The van der Waals surface area contributed by atoms with E-state index < -0.39 is 0 Å². The molecule has 21 heavy (non-hydrogen) atoms. The number of benzene rings is 1. The largest absolute Gasteiger partial charge is 0.489 e. The number of rotatable bonds is 6. The van der Waals surface area contributed by atoms with Crippen LogP contribution in [0.2, 0.25) is 5.02 Å². The van der Waals surface area contributed by atoms with E-state index >= 15 is 0 Å². The van der Waals surface area contributed by atoms with Gasteiger partial charge in [0.2, 0.25) is 0 Å². The summed E-state index contributed by atoms with van der Waals surface area (Å²) in [5, 5.41) is 4.11. The number of aromatic nitrogens is 1. The van der Waals surface area contributed by atoms with E-state index in [-0.39, 0.29) is 12.1 Å². The van der Waals surface area contributed by atoms with Gasteiger partial charge in [0.05, 0.1) is 12.3 Å². The van der Waals surface area contributed by atoms with Gasteiger partial charge in [0.15, 0.2) is 0 Å². The van der Waals surface area contributed by atoms with Crippen molar-refractivity contribution in [1.82, 2.24) is 10.3 Å². The van der Waals surface area contributed by atoms with Crippen LogP contribution in [0.5, 0.6) is 5.75 Å². The molecule has 0 aliphatic rings. The monoisotopic (exact) mass is 304 g/mol. The zero-order valence-corrected chi connectivity index (χ0v) is 13.4. The first-order valence-electron chi connectivity index (χ1n) is 7.12. The van der Waals surface area contributed by atoms with Crippen molar-refractivity contribution in [1.29, 1.82) is 0 Å². The molecule has 1 atom stereocenters. The fourth-order valence-corrected chi connectivity index (χ4v) is 2.45. The minimum atomic E-state index is 0.138. The molecule has 0 saturated heterocycles. The lowest BCUT2D eigenvalue weighted by Crippen LogP contribution is -2.19.